The molecule has 66 valence electrons. The smallest absolute Gasteiger partial charge is 0.295 e. The topological polar surface area (TPSA) is 46.5 Å². The summed E-state index contributed by atoms with van der Waals surface area (Å²) < 4.78 is 1.00. The molecule has 1 N–H and O–H groups in total. The van der Waals surface area contributed by atoms with Crippen LogP contribution in [0.25, 0.3) is 10.1 Å². The Morgan fingerprint density at radius 1 is 1.38 bits per heavy atom. The molecule has 3 nitrogen and oxygen atoms in total. The Morgan fingerprint density at radius 3 is 2.85 bits per heavy atom. The molecule has 2 rings (SSSR count). The summed E-state index contributed by atoms with van der Waals surface area (Å²) in [7, 11) is 0. The van der Waals surface area contributed by atoms with Gasteiger partial charge in [0.2, 0.25) is 0 Å². The third-order valence-corrected chi connectivity index (χ3v) is 2.81. The maximum Gasteiger partial charge on any atom is 0.382 e. The quantitative estimate of drug-likeness (QED) is 0.560. The molecule has 0 amide bonds. The van der Waals surface area contributed by atoms with Crippen molar-refractivity contribution in [2.45, 2.75) is 0 Å². The second-order valence-electron chi connectivity index (χ2n) is 2.53. The van der Waals surface area contributed by atoms with E-state index in [1.807, 2.05) is 24.3 Å². The number of benzene rings is 1. The van der Waals surface area contributed by atoms with E-state index in [1.54, 1.807) is 6.07 Å². The Balaban J connectivity index is 2.56. The van der Waals surface area contributed by atoms with Gasteiger partial charge < -0.3 is 0 Å². The molecule has 13 heavy (non-hydrogen) atoms. The van der Waals surface area contributed by atoms with Gasteiger partial charge in [0.15, 0.2) is 0 Å². The molecule has 0 aliphatic rings. The first-order valence-electron chi connectivity index (χ1n) is 3.65. The summed E-state index contributed by atoms with van der Waals surface area (Å²) in [5.74, 6) is -0.707. The van der Waals surface area contributed by atoms with Crippen molar-refractivity contribution in [2.24, 2.45) is 0 Å². The number of thiophene rings is 1. The van der Waals surface area contributed by atoms with Crippen LogP contribution >= 0.6 is 11.3 Å². The molecule has 0 spiro atoms. The summed E-state index contributed by atoms with van der Waals surface area (Å²) in [4.78, 5) is 15.0. The second-order valence-corrected chi connectivity index (χ2v) is 3.61. The van der Waals surface area contributed by atoms with Gasteiger partial charge in [0.25, 0.3) is 0 Å². The van der Waals surface area contributed by atoms with Gasteiger partial charge in [0.05, 0.1) is 0 Å². The van der Waals surface area contributed by atoms with Crippen LogP contribution in [0.3, 0.4) is 0 Å². The highest BCUT2D eigenvalue weighted by Gasteiger charge is 2.10. The van der Waals surface area contributed by atoms with E-state index in [2.05, 4.69) is 4.89 Å². The average Bonchev–Trinajstić information content (AvgIpc) is 2.59. The summed E-state index contributed by atoms with van der Waals surface area (Å²) >= 11 is 1.30. The molecule has 0 saturated carbocycles. The highest BCUT2D eigenvalue weighted by molar-refractivity contribution is 7.20. The lowest BCUT2D eigenvalue weighted by atomic mass is 10.2. The first kappa shape index (κ1) is 8.22. The molecule has 1 aromatic carbocycles. The summed E-state index contributed by atoms with van der Waals surface area (Å²) in [6.07, 6.45) is 0. The van der Waals surface area contributed by atoms with Gasteiger partial charge in [-0.1, -0.05) is 18.2 Å². The minimum absolute atomic E-state index is 0.406. The van der Waals surface area contributed by atoms with Crippen molar-refractivity contribution in [3.05, 3.63) is 35.2 Å². The van der Waals surface area contributed by atoms with Gasteiger partial charge in [-0.15, -0.1) is 11.3 Å². The SMILES string of the molecule is O=C(OO)c1cc2ccccc2s1. The fourth-order valence-electron chi connectivity index (χ4n) is 1.13. The predicted octanol–water partition coefficient (Wildman–Crippen LogP) is 2.53. The van der Waals surface area contributed by atoms with Crippen LogP contribution in [0.2, 0.25) is 0 Å². The van der Waals surface area contributed by atoms with E-state index in [1.165, 1.54) is 11.3 Å². The normalized spacial score (nSPS) is 10.2. The van der Waals surface area contributed by atoms with Crippen molar-refractivity contribution in [1.29, 1.82) is 0 Å². The molecule has 0 bridgehead atoms. The number of hydrogen-bond donors (Lipinski definition) is 1. The Labute approximate surface area is 78.1 Å². The Kier molecular flexibility index (Phi) is 2.00. The minimum atomic E-state index is -0.707. The molecule has 0 saturated heterocycles. The summed E-state index contributed by atoms with van der Waals surface area (Å²) in [5.41, 5.74) is 0. The van der Waals surface area contributed by atoms with Gasteiger partial charge in [-0.05, 0) is 17.5 Å². The lowest BCUT2D eigenvalue weighted by Crippen LogP contribution is -1.97. The number of rotatable bonds is 1. The van der Waals surface area contributed by atoms with Gasteiger partial charge in [0, 0.05) is 4.70 Å². The lowest BCUT2D eigenvalue weighted by molar-refractivity contribution is -0.182. The van der Waals surface area contributed by atoms with Crippen molar-refractivity contribution in [3.63, 3.8) is 0 Å². The third-order valence-electron chi connectivity index (χ3n) is 1.71. The molecule has 1 heterocycles. The van der Waals surface area contributed by atoms with E-state index in [4.69, 9.17) is 5.26 Å². The van der Waals surface area contributed by atoms with Crippen molar-refractivity contribution in [2.75, 3.05) is 0 Å². The van der Waals surface area contributed by atoms with E-state index in [9.17, 15) is 4.79 Å². The lowest BCUT2D eigenvalue weighted by Gasteiger charge is -1.87. The third kappa shape index (κ3) is 1.41. The van der Waals surface area contributed by atoms with Crippen LogP contribution in [0.5, 0.6) is 0 Å². The van der Waals surface area contributed by atoms with E-state index in [-0.39, 0.29) is 0 Å². The first-order chi connectivity index (χ1) is 6.31. The molecular weight excluding hydrogens is 188 g/mol. The zero-order valence-corrected chi connectivity index (χ0v) is 7.38. The van der Waals surface area contributed by atoms with Crippen LogP contribution in [0.1, 0.15) is 9.67 Å². The number of carbonyl (C=O) groups is 1. The highest BCUT2D eigenvalue weighted by atomic mass is 32.1. The van der Waals surface area contributed by atoms with Gasteiger partial charge in [-0.2, -0.15) is 5.26 Å². The first-order valence-corrected chi connectivity index (χ1v) is 4.47. The fraction of sp³-hybridized carbons (Fsp3) is 0. The molecule has 2 aromatic rings. The second kappa shape index (κ2) is 3.16. The van der Waals surface area contributed by atoms with Gasteiger partial charge in [-0.3, -0.25) is 4.89 Å². The van der Waals surface area contributed by atoms with Crippen LogP contribution in [-0.2, 0) is 4.89 Å². The fourth-order valence-corrected chi connectivity index (χ4v) is 2.06. The summed E-state index contributed by atoms with van der Waals surface area (Å²) in [5, 5.41) is 9.15. The van der Waals surface area contributed by atoms with E-state index >= 15 is 0 Å². The number of hydrogen-bond acceptors (Lipinski definition) is 4. The van der Waals surface area contributed by atoms with Crippen molar-refractivity contribution >= 4 is 27.4 Å². The van der Waals surface area contributed by atoms with Crippen molar-refractivity contribution in [3.8, 4) is 0 Å². The standard InChI is InChI=1S/C9H6O3S/c10-9(12-11)8-5-6-3-1-2-4-7(6)13-8/h1-5,11H. The molecule has 0 aliphatic carbocycles. The van der Waals surface area contributed by atoms with Crippen LogP contribution in [0, 0.1) is 0 Å². The van der Waals surface area contributed by atoms with E-state index in [0.29, 0.717) is 4.88 Å². The largest absolute Gasteiger partial charge is 0.382 e. The highest BCUT2D eigenvalue weighted by Crippen LogP contribution is 2.25. The maximum absolute atomic E-state index is 10.9. The average molecular weight is 194 g/mol. The molecule has 0 atom stereocenters. The molecular formula is C9H6O3S. The van der Waals surface area contributed by atoms with E-state index < -0.39 is 5.97 Å². The Bertz CT molecular complexity index is 414. The molecule has 0 radical (unpaired) electrons. The number of carbonyl (C=O) groups excluding carboxylic acids is 1. The number of fused-ring (bicyclic) bond motifs is 1. The molecule has 0 fully saturated rings. The molecule has 1 aromatic heterocycles. The monoisotopic (exact) mass is 194 g/mol. The maximum atomic E-state index is 10.9. The Morgan fingerprint density at radius 2 is 2.15 bits per heavy atom. The van der Waals surface area contributed by atoms with Crippen molar-refractivity contribution < 1.29 is 14.9 Å². The predicted molar refractivity (Wildman–Crippen MR) is 49.9 cm³/mol. The summed E-state index contributed by atoms with van der Waals surface area (Å²) in [6.45, 7) is 0. The summed E-state index contributed by atoms with van der Waals surface area (Å²) in [6, 6.07) is 9.29. The van der Waals surface area contributed by atoms with Crippen LogP contribution in [0.4, 0.5) is 0 Å². The van der Waals surface area contributed by atoms with Crippen LogP contribution in [0.15, 0.2) is 30.3 Å². The van der Waals surface area contributed by atoms with Gasteiger partial charge >= 0.3 is 5.97 Å². The molecule has 0 aliphatic heterocycles. The van der Waals surface area contributed by atoms with Gasteiger partial charge in [0.1, 0.15) is 4.88 Å². The van der Waals surface area contributed by atoms with Gasteiger partial charge in [-0.25, -0.2) is 4.79 Å². The van der Waals surface area contributed by atoms with Crippen LogP contribution in [-0.4, -0.2) is 11.2 Å². The minimum Gasteiger partial charge on any atom is -0.295 e. The zero-order valence-electron chi connectivity index (χ0n) is 6.56. The van der Waals surface area contributed by atoms with Crippen molar-refractivity contribution in [1.82, 2.24) is 0 Å². The van der Waals surface area contributed by atoms with Crippen LogP contribution < -0.4 is 0 Å². The van der Waals surface area contributed by atoms with E-state index in [0.717, 1.165) is 10.1 Å². The zero-order chi connectivity index (χ0) is 9.26. The molecule has 0 unspecified atom stereocenters. The Hall–Kier alpha value is -1.39. The molecule has 4 heteroatoms.